The van der Waals surface area contributed by atoms with Crippen LogP contribution in [-0.4, -0.2) is 15.9 Å². The third-order valence-electron chi connectivity index (χ3n) is 1.40. The number of carbonyl (C=O) groups is 1. The first-order valence-electron chi connectivity index (χ1n) is 4.09. The highest BCUT2D eigenvalue weighted by Gasteiger charge is 1.97. The van der Waals surface area contributed by atoms with Gasteiger partial charge in [-0.1, -0.05) is 5.57 Å². The zero-order chi connectivity index (χ0) is 9.68. The number of nitrogens with one attached hydrogen (secondary N) is 2. The van der Waals surface area contributed by atoms with Crippen LogP contribution in [0.15, 0.2) is 24.0 Å². The van der Waals surface area contributed by atoms with Crippen molar-refractivity contribution in [1.82, 2.24) is 15.3 Å². The summed E-state index contributed by atoms with van der Waals surface area (Å²) in [5.74, 6) is 0.673. The minimum atomic E-state index is -0.0867. The van der Waals surface area contributed by atoms with Crippen molar-refractivity contribution in [3.63, 3.8) is 0 Å². The molecule has 0 aliphatic heterocycles. The molecule has 0 saturated carbocycles. The van der Waals surface area contributed by atoms with E-state index in [0.717, 1.165) is 11.4 Å². The summed E-state index contributed by atoms with van der Waals surface area (Å²) in [5.41, 5.74) is 0.983. The van der Waals surface area contributed by atoms with Crippen molar-refractivity contribution in [3.05, 3.63) is 29.9 Å². The Morgan fingerprint density at radius 1 is 1.69 bits per heavy atom. The summed E-state index contributed by atoms with van der Waals surface area (Å²) in [6, 6.07) is 0. The van der Waals surface area contributed by atoms with E-state index in [9.17, 15) is 4.79 Å². The van der Waals surface area contributed by atoms with Crippen LogP contribution in [0.1, 0.15) is 19.7 Å². The predicted molar refractivity (Wildman–Crippen MR) is 49.9 cm³/mol. The Bertz CT molecular complexity index is 297. The number of rotatable bonds is 3. The van der Waals surface area contributed by atoms with Crippen molar-refractivity contribution in [2.75, 3.05) is 0 Å². The summed E-state index contributed by atoms with van der Waals surface area (Å²) in [5, 5.41) is 2.71. The smallest absolute Gasteiger partial charge is 0.244 e. The Hall–Kier alpha value is -1.58. The molecule has 0 spiro atoms. The molecule has 1 amide bonds. The molecule has 4 nitrogen and oxygen atoms in total. The van der Waals surface area contributed by atoms with Gasteiger partial charge in [-0.25, -0.2) is 4.98 Å². The van der Waals surface area contributed by atoms with Gasteiger partial charge < -0.3 is 10.3 Å². The van der Waals surface area contributed by atoms with Gasteiger partial charge >= 0.3 is 0 Å². The first kappa shape index (κ1) is 9.51. The second-order valence-electron chi connectivity index (χ2n) is 2.98. The maximum Gasteiger partial charge on any atom is 0.244 e. The topological polar surface area (TPSA) is 57.8 Å². The number of amides is 1. The van der Waals surface area contributed by atoms with Gasteiger partial charge in [0.2, 0.25) is 5.91 Å². The van der Waals surface area contributed by atoms with E-state index in [0.29, 0.717) is 6.54 Å². The predicted octanol–water partition coefficient (Wildman–Crippen LogP) is 0.992. The molecule has 2 N–H and O–H groups in total. The maximum atomic E-state index is 11.1. The highest BCUT2D eigenvalue weighted by Crippen LogP contribution is 1.90. The molecule has 1 aromatic heterocycles. The van der Waals surface area contributed by atoms with Crippen LogP contribution < -0.4 is 5.32 Å². The molecule has 1 aromatic rings. The number of hydrogen-bond donors (Lipinski definition) is 2. The first-order chi connectivity index (χ1) is 6.18. The van der Waals surface area contributed by atoms with Gasteiger partial charge in [0.15, 0.2) is 0 Å². The number of hydrogen-bond acceptors (Lipinski definition) is 2. The van der Waals surface area contributed by atoms with Crippen LogP contribution in [0, 0.1) is 0 Å². The van der Waals surface area contributed by atoms with E-state index in [2.05, 4.69) is 15.3 Å². The quantitative estimate of drug-likeness (QED) is 0.680. The fourth-order valence-corrected chi connectivity index (χ4v) is 0.879. The number of aromatic amines is 1. The molecule has 1 rings (SSSR count). The van der Waals surface area contributed by atoms with Crippen molar-refractivity contribution in [3.8, 4) is 0 Å². The second kappa shape index (κ2) is 4.45. The van der Waals surface area contributed by atoms with Gasteiger partial charge in [-0.15, -0.1) is 0 Å². The number of carbonyl (C=O) groups excluding carboxylic acids is 1. The molecule has 0 saturated heterocycles. The number of nitrogens with zero attached hydrogens (tertiary/aromatic N) is 1. The Morgan fingerprint density at radius 2 is 2.46 bits per heavy atom. The molecular weight excluding hydrogens is 166 g/mol. The SMILES string of the molecule is CC(C)=CC(=O)NCc1ncc[nH]1. The fraction of sp³-hybridized carbons (Fsp3) is 0.333. The molecule has 0 aliphatic carbocycles. The highest BCUT2D eigenvalue weighted by molar-refractivity contribution is 5.87. The lowest BCUT2D eigenvalue weighted by Gasteiger charge is -1.98. The van der Waals surface area contributed by atoms with Gasteiger partial charge in [-0.2, -0.15) is 0 Å². The molecule has 0 radical (unpaired) electrons. The molecule has 0 aliphatic rings. The van der Waals surface area contributed by atoms with Gasteiger partial charge in [-0.05, 0) is 13.8 Å². The van der Waals surface area contributed by atoms with Crippen LogP contribution in [0.4, 0.5) is 0 Å². The van der Waals surface area contributed by atoms with Crippen molar-refractivity contribution in [2.45, 2.75) is 20.4 Å². The second-order valence-corrected chi connectivity index (χ2v) is 2.98. The molecule has 0 aromatic carbocycles. The Labute approximate surface area is 77.1 Å². The summed E-state index contributed by atoms with van der Waals surface area (Å²) >= 11 is 0. The van der Waals surface area contributed by atoms with Crippen LogP contribution in [0.2, 0.25) is 0 Å². The van der Waals surface area contributed by atoms with E-state index in [1.54, 1.807) is 18.5 Å². The first-order valence-corrected chi connectivity index (χ1v) is 4.09. The van der Waals surface area contributed by atoms with Crippen LogP contribution in [0.25, 0.3) is 0 Å². The normalized spacial score (nSPS) is 9.38. The molecule has 0 fully saturated rings. The Kier molecular flexibility index (Phi) is 3.25. The van der Waals surface area contributed by atoms with Gasteiger partial charge in [-0.3, -0.25) is 4.79 Å². The van der Waals surface area contributed by atoms with Gasteiger partial charge in [0, 0.05) is 18.5 Å². The largest absolute Gasteiger partial charge is 0.347 e. The van der Waals surface area contributed by atoms with Gasteiger partial charge in [0.1, 0.15) is 5.82 Å². The summed E-state index contributed by atoms with van der Waals surface area (Å²) in [6.45, 7) is 4.20. The Morgan fingerprint density at radius 3 is 3.00 bits per heavy atom. The summed E-state index contributed by atoms with van der Waals surface area (Å²) in [6.07, 6.45) is 4.94. The lowest BCUT2D eigenvalue weighted by atomic mass is 10.3. The minimum absolute atomic E-state index is 0.0867. The van der Waals surface area contributed by atoms with Crippen LogP contribution in [0.5, 0.6) is 0 Å². The minimum Gasteiger partial charge on any atom is -0.347 e. The van der Waals surface area contributed by atoms with E-state index in [1.165, 1.54) is 0 Å². The third kappa shape index (κ3) is 3.55. The van der Waals surface area contributed by atoms with E-state index in [4.69, 9.17) is 0 Å². The zero-order valence-electron chi connectivity index (χ0n) is 7.79. The highest BCUT2D eigenvalue weighted by atomic mass is 16.1. The van der Waals surface area contributed by atoms with E-state index in [-0.39, 0.29) is 5.91 Å². The number of aromatic nitrogens is 2. The van der Waals surface area contributed by atoms with Crippen LogP contribution >= 0.6 is 0 Å². The molecule has 70 valence electrons. The summed E-state index contributed by atoms with van der Waals surface area (Å²) < 4.78 is 0. The van der Waals surface area contributed by atoms with Crippen molar-refractivity contribution >= 4 is 5.91 Å². The standard InChI is InChI=1S/C9H13N3O/c1-7(2)5-9(13)12-6-8-10-3-4-11-8/h3-5H,6H2,1-2H3,(H,10,11)(H,12,13). The molecule has 0 atom stereocenters. The van der Waals surface area contributed by atoms with Crippen molar-refractivity contribution in [1.29, 1.82) is 0 Å². The molecule has 0 bridgehead atoms. The monoisotopic (exact) mass is 179 g/mol. The average molecular weight is 179 g/mol. The van der Waals surface area contributed by atoms with E-state index >= 15 is 0 Å². The molecule has 0 unspecified atom stereocenters. The average Bonchev–Trinajstić information content (AvgIpc) is 2.51. The van der Waals surface area contributed by atoms with E-state index in [1.807, 2.05) is 13.8 Å². The maximum absolute atomic E-state index is 11.1. The number of H-pyrrole nitrogens is 1. The number of allylic oxidation sites excluding steroid dienone is 1. The van der Waals surface area contributed by atoms with Crippen molar-refractivity contribution in [2.24, 2.45) is 0 Å². The van der Waals surface area contributed by atoms with Crippen LogP contribution in [0.3, 0.4) is 0 Å². The fourth-order valence-electron chi connectivity index (χ4n) is 0.879. The summed E-state index contributed by atoms with van der Waals surface area (Å²) in [4.78, 5) is 18.0. The zero-order valence-corrected chi connectivity index (χ0v) is 7.79. The van der Waals surface area contributed by atoms with Crippen LogP contribution in [-0.2, 0) is 11.3 Å². The van der Waals surface area contributed by atoms with Gasteiger partial charge in [0.05, 0.1) is 6.54 Å². The Balaban J connectivity index is 2.35. The molecule has 13 heavy (non-hydrogen) atoms. The molecule has 4 heteroatoms. The molecular formula is C9H13N3O. The lowest BCUT2D eigenvalue weighted by molar-refractivity contribution is -0.116. The van der Waals surface area contributed by atoms with Gasteiger partial charge in [0.25, 0.3) is 0 Å². The van der Waals surface area contributed by atoms with E-state index < -0.39 is 0 Å². The molecule has 1 heterocycles. The lowest BCUT2D eigenvalue weighted by Crippen LogP contribution is -2.21. The summed E-state index contributed by atoms with van der Waals surface area (Å²) in [7, 11) is 0. The number of imidazole rings is 1. The third-order valence-corrected chi connectivity index (χ3v) is 1.40. The van der Waals surface area contributed by atoms with Crippen molar-refractivity contribution < 1.29 is 4.79 Å².